The van der Waals surface area contributed by atoms with Gasteiger partial charge in [-0.25, -0.2) is 0 Å². The second kappa shape index (κ2) is 6.71. The minimum absolute atomic E-state index is 0.114. The van der Waals surface area contributed by atoms with Gasteiger partial charge >= 0.3 is 0 Å². The molecule has 2 unspecified atom stereocenters. The SMILES string of the molecule is CCC(C)C(C)NCc1cc(Cl)ccc1[N+](=O)[O-]. The molecule has 1 aromatic carbocycles. The molecule has 0 aliphatic carbocycles. The summed E-state index contributed by atoms with van der Waals surface area (Å²) in [5.74, 6) is 0.531. The lowest BCUT2D eigenvalue weighted by atomic mass is 10.0. The van der Waals surface area contributed by atoms with Gasteiger partial charge in [-0.05, 0) is 25.0 Å². The Kier molecular flexibility index (Phi) is 5.56. The molecule has 2 atom stereocenters. The van der Waals surface area contributed by atoms with Crippen LogP contribution in [0.3, 0.4) is 0 Å². The summed E-state index contributed by atoms with van der Waals surface area (Å²) in [4.78, 5) is 10.5. The summed E-state index contributed by atoms with van der Waals surface area (Å²) in [5.41, 5.74) is 0.742. The van der Waals surface area contributed by atoms with Gasteiger partial charge in [-0.3, -0.25) is 10.1 Å². The number of halogens is 1. The van der Waals surface area contributed by atoms with Crippen molar-refractivity contribution in [2.24, 2.45) is 5.92 Å². The van der Waals surface area contributed by atoms with Crippen LogP contribution < -0.4 is 5.32 Å². The molecule has 0 aromatic heterocycles. The molecule has 0 spiro atoms. The first-order valence-corrected chi connectivity index (χ1v) is 6.49. The van der Waals surface area contributed by atoms with Crippen LogP contribution in [0.5, 0.6) is 0 Å². The topological polar surface area (TPSA) is 55.2 Å². The van der Waals surface area contributed by atoms with Crippen molar-refractivity contribution >= 4 is 17.3 Å². The lowest BCUT2D eigenvalue weighted by molar-refractivity contribution is -0.385. The fourth-order valence-corrected chi connectivity index (χ4v) is 1.89. The van der Waals surface area contributed by atoms with E-state index in [0.717, 1.165) is 6.42 Å². The maximum atomic E-state index is 10.9. The zero-order valence-electron chi connectivity index (χ0n) is 10.9. The summed E-state index contributed by atoms with van der Waals surface area (Å²) < 4.78 is 0. The van der Waals surface area contributed by atoms with Gasteiger partial charge in [-0.1, -0.05) is 31.9 Å². The maximum Gasteiger partial charge on any atom is 0.273 e. The van der Waals surface area contributed by atoms with Gasteiger partial charge in [0.1, 0.15) is 0 Å². The highest BCUT2D eigenvalue weighted by Crippen LogP contribution is 2.23. The molecule has 0 aliphatic rings. The Balaban J connectivity index is 2.77. The Labute approximate surface area is 112 Å². The number of rotatable bonds is 6. The predicted octanol–water partition coefficient (Wildman–Crippen LogP) is 3.77. The molecule has 0 amide bonds. The second-order valence-corrected chi connectivity index (χ2v) is 5.02. The first kappa shape index (κ1) is 14.9. The maximum absolute atomic E-state index is 10.9. The van der Waals surface area contributed by atoms with E-state index in [1.807, 2.05) is 0 Å². The van der Waals surface area contributed by atoms with Crippen molar-refractivity contribution in [3.63, 3.8) is 0 Å². The van der Waals surface area contributed by atoms with Crippen LogP contribution in [0.4, 0.5) is 5.69 Å². The Bertz CT molecular complexity index is 423. The van der Waals surface area contributed by atoms with Crippen LogP contribution in [0.2, 0.25) is 5.02 Å². The van der Waals surface area contributed by atoms with E-state index in [1.165, 1.54) is 6.07 Å². The molecule has 0 heterocycles. The van der Waals surface area contributed by atoms with Crippen molar-refractivity contribution in [3.05, 3.63) is 38.9 Å². The largest absolute Gasteiger partial charge is 0.310 e. The van der Waals surface area contributed by atoms with Gasteiger partial charge < -0.3 is 5.32 Å². The van der Waals surface area contributed by atoms with E-state index in [-0.39, 0.29) is 10.6 Å². The lowest BCUT2D eigenvalue weighted by Gasteiger charge is -2.19. The van der Waals surface area contributed by atoms with Crippen LogP contribution >= 0.6 is 11.6 Å². The molecule has 0 fully saturated rings. The highest BCUT2D eigenvalue weighted by molar-refractivity contribution is 6.30. The summed E-state index contributed by atoms with van der Waals surface area (Å²) in [7, 11) is 0. The van der Waals surface area contributed by atoms with Crippen LogP contribution in [-0.4, -0.2) is 11.0 Å². The van der Waals surface area contributed by atoms with Gasteiger partial charge in [0.15, 0.2) is 0 Å². The van der Waals surface area contributed by atoms with E-state index in [2.05, 4.69) is 26.1 Å². The molecule has 0 saturated heterocycles. The third-order valence-electron chi connectivity index (χ3n) is 3.35. The first-order valence-electron chi connectivity index (χ1n) is 6.11. The molecule has 18 heavy (non-hydrogen) atoms. The van der Waals surface area contributed by atoms with Gasteiger partial charge in [0.2, 0.25) is 0 Å². The van der Waals surface area contributed by atoms with Gasteiger partial charge in [0.05, 0.1) is 4.92 Å². The van der Waals surface area contributed by atoms with Crippen LogP contribution in [0.25, 0.3) is 0 Å². The van der Waals surface area contributed by atoms with Crippen molar-refractivity contribution in [1.29, 1.82) is 0 Å². The minimum Gasteiger partial charge on any atom is -0.310 e. The molecule has 4 nitrogen and oxygen atoms in total. The molecule has 100 valence electrons. The fraction of sp³-hybridized carbons (Fsp3) is 0.538. The normalized spacial score (nSPS) is 14.2. The van der Waals surface area contributed by atoms with Gasteiger partial charge in [0, 0.05) is 29.2 Å². The monoisotopic (exact) mass is 270 g/mol. The third-order valence-corrected chi connectivity index (χ3v) is 3.59. The van der Waals surface area contributed by atoms with Crippen molar-refractivity contribution < 1.29 is 4.92 Å². The Morgan fingerprint density at radius 1 is 1.44 bits per heavy atom. The number of hydrogen-bond acceptors (Lipinski definition) is 3. The van der Waals surface area contributed by atoms with Gasteiger partial charge in [0.25, 0.3) is 5.69 Å². The minimum atomic E-state index is -0.374. The summed E-state index contributed by atoms with van der Waals surface area (Å²) in [6.45, 7) is 6.83. The van der Waals surface area contributed by atoms with Crippen molar-refractivity contribution in [3.8, 4) is 0 Å². The van der Waals surface area contributed by atoms with E-state index < -0.39 is 0 Å². The second-order valence-electron chi connectivity index (χ2n) is 4.59. The zero-order valence-corrected chi connectivity index (χ0v) is 11.7. The number of hydrogen-bond donors (Lipinski definition) is 1. The molecular weight excluding hydrogens is 252 g/mol. The van der Waals surface area contributed by atoms with E-state index >= 15 is 0 Å². The van der Waals surface area contributed by atoms with Crippen molar-refractivity contribution in [2.75, 3.05) is 0 Å². The zero-order chi connectivity index (χ0) is 13.7. The molecule has 5 heteroatoms. The van der Waals surface area contributed by atoms with Crippen LogP contribution in [0.1, 0.15) is 32.8 Å². The molecule has 0 radical (unpaired) electrons. The number of nitrogens with one attached hydrogen (secondary N) is 1. The lowest BCUT2D eigenvalue weighted by Crippen LogP contribution is -2.31. The average molecular weight is 271 g/mol. The van der Waals surface area contributed by atoms with E-state index in [9.17, 15) is 10.1 Å². The highest BCUT2D eigenvalue weighted by atomic mass is 35.5. The third kappa shape index (κ3) is 3.96. The van der Waals surface area contributed by atoms with E-state index in [0.29, 0.717) is 29.1 Å². The summed E-state index contributed by atoms with van der Waals surface area (Å²) in [5, 5.41) is 14.7. The summed E-state index contributed by atoms with van der Waals surface area (Å²) >= 11 is 5.88. The number of nitrogens with zero attached hydrogens (tertiary/aromatic N) is 1. The van der Waals surface area contributed by atoms with Crippen LogP contribution in [0.15, 0.2) is 18.2 Å². The summed E-state index contributed by atoms with van der Waals surface area (Å²) in [6, 6.07) is 4.96. The van der Waals surface area contributed by atoms with Gasteiger partial charge in [-0.15, -0.1) is 0 Å². The molecule has 1 aromatic rings. The number of nitro groups is 1. The summed E-state index contributed by atoms with van der Waals surface area (Å²) in [6.07, 6.45) is 1.08. The van der Waals surface area contributed by atoms with E-state index in [4.69, 9.17) is 11.6 Å². The fourth-order valence-electron chi connectivity index (χ4n) is 1.70. The Hall–Kier alpha value is -1.13. The predicted molar refractivity (Wildman–Crippen MR) is 73.9 cm³/mol. The molecular formula is C13H19ClN2O2. The molecule has 1 rings (SSSR count). The standard InChI is InChI=1S/C13H19ClN2O2/c1-4-9(2)10(3)15-8-11-7-12(14)5-6-13(11)16(17)18/h5-7,9-10,15H,4,8H2,1-3H3. The average Bonchev–Trinajstić information content (AvgIpc) is 2.34. The van der Waals surface area contributed by atoms with Gasteiger partial charge in [-0.2, -0.15) is 0 Å². The van der Waals surface area contributed by atoms with Crippen LogP contribution in [-0.2, 0) is 6.54 Å². The molecule has 0 aliphatic heterocycles. The number of benzene rings is 1. The smallest absolute Gasteiger partial charge is 0.273 e. The quantitative estimate of drug-likeness (QED) is 0.632. The Morgan fingerprint density at radius 2 is 2.11 bits per heavy atom. The highest BCUT2D eigenvalue weighted by Gasteiger charge is 2.15. The number of nitro benzene ring substituents is 1. The molecule has 1 N–H and O–H groups in total. The molecule has 0 bridgehead atoms. The van der Waals surface area contributed by atoms with Crippen molar-refractivity contribution in [1.82, 2.24) is 5.32 Å². The van der Waals surface area contributed by atoms with E-state index in [1.54, 1.807) is 12.1 Å². The first-order chi connectivity index (χ1) is 8.45. The van der Waals surface area contributed by atoms with Crippen LogP contribution in [0, 0.1) is 16.0 Å². The van der Waals surface area contributed by atoms with Crippen molar-refractivity contribution in [2.45, 2.75) is 39.8 Å². The Morgan fingerprint density at radius 3 is 2.67 bits per heavy atom. The molecule has 0 saturated carbocycles.